The van der Waals surface area contributed by atoms with Crippen molar-refractivity contribution in [2.24, 2.45) is 0 Å². The van der Waals surface area contributed by atoms with Crippen LogP contribution in [0, 0.1) is 10.1 Å². The molecule has 0 aliphatic heterocycles. The van der Waals surface area contributed by atoms with Gasteiger partial charge in [-0.2, -0.15) is 0 Å². The van der Waals surface area contributed by atoms with Crippen LogP contribution in [0.3, 0.4) is 0 Å². The van der Waals surface area contributed by atoms with Crippen molar-refractivity contribution in [3.05, 3.63) is 67.4 Å². The van der Waals surface area contributed by atoms with Crippen LogP contribution in [0.1, 0.15) is 29.7 Å². The fraction of sp³-hybridized carbons (Fsp3) is 0.167. The summed E-state index contributed by atoms with van der Waals surface area (Å²) in [5, 5.41) is 24.3. The molecule has 0 atom stereocenters. The number of rotatable bonds is 3. The van der Waals surface area contributed by atoms with Gasteiger partial charge in [-0.1, -0.05) is 18.2 Å². The number of nitrogens with zero attached hydrogens (tertiary/aromatic N) is 1. The highest BCUT2D eigenvalue weighted by atomic mass is 32.1. The molecule has 0 bridgehead atoms. The number of benzene rings is 1. The minimum atomic E-state index is -0.699. The number of nitro groups is 1. The van der Waals surface area contributed by atoms with Gasteiger partial charge in [0, 0.05) is 22.1 Å². The quantitative estimate of drug-likeness (QED) is 0.481. The Bertz CT molecular complexity index is 850. The highest BCUT2D eigenvalue weighted by molar-refractivity contribution is 7.10. The molecule has 3 rings (SSSR count). The summed E-state index contributed by atoms with van der Waals surface area (Å²) in [6.07, 6.45) is 5.77. The molecular formula is C18H14NO4S-. The molecule has 1 fully saturated rings. The number of Topliss-reactive ketones (excluding diaryl/α,β-unsaturated/α-hetero) is 1. The SMILES string of the molecule is O=C1/C(=C\c2cccs2)CCC/C1=C\c1ccc([O-])c([N+](=O)[O-])c1. The molecule has 5 nitrogen and oxygen atoms in total. The van der Waals surface area contributed by atoms with Gasteiger partial charge in [-0.3, -0.25) is 14.9 Å². The first-order valence-electron chi connectivity index (χ1n) is 7.49. The van der Waals surface area contributed by atoms with E-state index in [9.17, 15) is 20.0 Å². The minimum Gasteiger partial charge on any atom is -0.868 e. The van der Waals surface area contributed by atoms with Crippen LogP contribution in [0.15, 0.2) is 46.9 Å². The summed E-state index contributed by atoms with van der Waals surface area (Å²) in [4.78, 5) is 23.8. The molecule has 0 saturated heterocycles. The smallest absolute Gasteiger partial charge is 0.262 e. The van der Waals surface area contributed by atoms with E-state index in [1.54, 1.807) is 17.4 Å². The van der Waals surface area contributed by atoms with Crippen molar-refractivity contribution in [2.75, 3.05) is 0 Å². The number of nitro benzene ring substituents is 1. The molecule has 0 unspecified atom stereocenters. The monoisotopic (exact) mass is 340 g/mol. The molecule has 1 saturated carbocycles. The predicted octanol–water partition coefficient (Wildman–Crippen LogP) is 3.95. The lowest BCUT2D eigenvalue weighted by Gasteiger charge is -2.16. The summed E-state index contributed by atoms with van der Waals surface area (Å²) in [5.41, 5.74) is 1.41. The molecule has 122 valence electrons. The van der Waals surface area contributed by atoms with Crippen molar-refractivity contribution in [3.8, 4) is 5.75 Å². The molecule has 1 aliphatic rings. The van der Waals surface area contributed by atoms with Gasteiger partial charge in [0.25, 0.3) is 5.69 Å². The standard InChI is InChI=1S/C18H15NO4S/c20-17-7-6-12(10-16(17)19(22)23)9-13-3-1-4-14(18(13)21)11-15-5-2-8-24-15/h2,5-11,20H,1,3-4H2/p-1/b13-9+,14-11-. The third-order valence-corrected chi connectivity index (χ3v) is 4.68. The van der Waals surface area contributed by atoms with Gasteiger partial charge in [0.15, 0.2) is 5.78 Å². The number of thiophene rings is 1. The van der Waals surface area contributed by atoms with Gasteiger partial charge in [0.2, 0.25) is 0 Å². The lowest BCUT2D eigenvalue weighted by molar-refractivity contribution is -0.398. The maximum Gasteiger partial charge on any atom is 0.262 e. The van der Waals surface area contributed by atoms with Crippen LogP contribution in [0.5, 0.6) is 5.75 Å². The van der Waals surface area contributed by atoms with Crippen molar-refractivity contribution < 1.29 is 14.8 Å². The lowest BCUT2D eigenvalue weighted by atomic mass is 9.87. The molecule has 1 heterocycles. The predicted molar refractivity (Wildman–Crippen MR) is 91.7 cm³/mol. The van der Waals surface area contributed by atoms with Crippen molar-refractivity contribution >= 4 is 35.0 Å². The maximum atomic E-state index is 12.6. The largest absolute Gasteiger partial charge is 0.868 e. The van der Waals surface area contributed by atoms with Crippen LogP contribution >= 0.6 is 11.3 Å². The van der Waals surface area contributed by atoms with E-state index in [2.05, 4.69) is 0 Å². The second kappa shape index (κ2) is 6.80. The third kappa shape index (κ3) is 3.44. The topological polar surface area (TPSA) is 83.3 Å². The third-order valence-electron chi connectivity index (χ3n) is 3.86. The normalized spacial score (nSPS) is 18.2. The van der Waals surface area contributed by atoms with Crippen LogP contribution in [-0.2, 0) is 4.79 Å². The molecule has 0 spiro atoms. The van der Waals surface area contributed by atoms with E-state index in [4.69, 9.17) is 0 Å². The van der Waals surface area contributed by atoms with E-state index < -0.39 is 16.4 Å². The fourth-order valence-corrected chi connectivity index (χ4v) is 3.37. The van der Waals surface area contributed by atoms with Crippen LogP contribution in [0.4, 0.5) is 5.69 Å². The average Bonchev–Trinajstić information content (AvgIpc) is 3.06. The van der Waals surface area contributed by atoms with Crippen LogP contribution in [-0.4, -0.2) is 10.7 Å². The van der Waals surface area contributed by atoms with Crippen LogP contribution < -0.4 is 5.11 Å². The zero-order valence-corrected chi connectivity index (χ0v) is 13.5. The van der Waals surface area contributed by atoms with E-state index in [0.29, 0.717) is 17.6 Å². The van der Waals surface area contributed by atoms with Crippen molar-refractivity contribution in [1.29, 1.82) is 0 Å². The highest BCUT2D eigenvalue weighted by Gasteiger charge is 2.21. The Kier molecular flexibility index (Phi) is 4.57. The lowest BCUT2D eigenvalue weighted by Crippen LogP contribution is -2.12. The summed E-state index contributed by atoms with van der Waals surface area (Å²) >= 11 is 1.57. The zero-order valence-electron chi connectivity index (χ0n) is 12.7. The minimum absolute atomic E-state index is 0.0245. The van der Waals surface area contributed by atoms with E-state index in [1.807, 2.05) is 23.6 Å². The molecule has 2 aromatic rings. The Morgan fingerprint density at radius 3 is 2.54 bits per heavy atom. The summed E-state index contributed by atoms with van der Waals surface area (Å²) < 4.78 is 0. The summed E-state index contributed by atoms with van der Waals surface area (Å²) in [5.74, 6) is -0.654. The van der Waals surface area contributed by atoms with Crippen molar-refractivity contribution in [2.45, 2.75) is 19.3 Å². The van der Waals surface area contributed by atoms with Gasteiger partial charge < -0.3 is 5.11 Å². The molecule has 0 N–H and O–H groups in total. The Labute approximate surface area is 142 Å². The van der Waals surface area contributed by atoms with Gasteiger partial charge in [-0.25, -0.2) is 0 Å². The number of ketones is 1. The Morgan fingerprint density at radius 2 is 1.88 bits per heavy atom. The Hall–Kier alpha value is -2.73. The molecule has 1 aliphatic carbocycles. The second-order valence-electron chi connectivity index (χ2n) is 5.52. The number of hydrogen-bond donors (Lipinski definition) is 0. The van der Waals surface area contributed by atoms with Gasteiger partial charge in [-0.15, -0.1) is 11.3 Å². The van der Waals surface area contributed by atoms with Gasteiger partial charge >= 0.3 is 0 Å². The molecule has 1 aromatic heterocycles. The number of carbonyl (C=O) groups excluding carboxylic acids is 1. The number of carbonyl (C=O) groups is 1. The molecule has 24 heavy (non-hydrogen) atoms. The Balaban J connectivity index is 1.91. The Morgan fingerprint density at radius 1 is 1.12 bits per heavy atom. The first-order chi connectivity index (χ1) is 11.5. The molecule has 0 radical (unpaired) electrons. The number of allylic oxidation sites excluding steroid dienone is 2. The number of hydrogen-bond acceptors (Lipinski definition) is 5. The average molecular weight is 340 g/mol. The fourth-order valence-electron chi connectivity index (χ4n) is 2.69. The van der Waals surface area contributed by atoms with Crippen LogP contribution in [0.25, 0.3) is 12.2 Å². The van der Waals surface area contributed by atoms with Gasteiger partial charge in [0.05, 0.1) is 4.92 Å². The van der Waals surface area contributed by atoms with E-state index in [0.717, 1.165) is 23.3 Å². The molecule has 6 heteroatoms. The first kappa shape index (κ1) is 16.1. The van der Waals surface area contributed by atoms with E-state index in [1.165, 1.54) is 18.2 Å². The summed E-state index contributed by atoms with van der Waals surface area (Å²) in [7, 11) is 0. The molecule has 0 amide bonds. The van der Waals surface area contributed by atoms with Crippen LogP contribution in [0.2, 0.25) is 0 Å². The molecular weight excluding hydrogens is 326 g/mol. The van der Waals surface area contributed by atoms with Crippen molar-refractivity contribution in [3.63, 3.8) is 0 Å². The van der Waals surface area contributed by atoms with E-state index in [-0.39, 0.29) is 5.78 Å². The molecule has 1 aromatic carbocycles. The highest BCUT2D eigenvalue weighted by Crippen LogP contribution is 2.30. The maximum absolute atomic E-state index is 12.6. The zero-order chi connectivity index (χ0) is 17.1. The van der Waals surface area contributed by atoms with Gasteiger partial charge in [-0.05, 0) is 54.2 Å². The summed E-state index contributed by atoms with van der Waals surface area (Å²) in [6.45, 7) is 0. The second-order valence-corrected chi connectivity index (χ2v) is 6.50. The van der Waals surface area contributed by atoms with E-state index >= 15 is 0 Å². The van der Waals surface area contributed by atoms with Crippen molar-refractivity contribution in [1.82, 2.24) is 0 Å². The first-order valence-corrected chi connectivity index (χ1v) is 8.37. The van der Waals surface area contributed by atoms with Gasteiger partial charge in [0.1, 0.15) is 0 Å². The summed E-state index contributed by atoms with van der Waals surface area (Å²) in [6, 6.07) is 7.79.